The number of carbonyl (C=O) groups excluding carboxylic acids is 1. The summed E-state index contributed by atoms with van der Waals surface area (Å²) in [6, 6.07) is 10.2. The first kappa shape index (κ1) is 13.7. The number of hydrogen-bond acceptors (Lipinski definition) is 1. The van der Waals surface area contributed by atoms with Gasteiger partial charge in [-0.25, -0.2) is 0 Å². The SMILES string of the molecule is CC.CC(=O)N(C)CCc1ccccc1. The van der Waals surface area contributed by atoms with Gasteiger partial charge in [0.05, 0.1) is 0 Å². The minimum absolute atomic E-state index is 0.121. The summed E-state index contributed by atoms with van der Waals surface area (Å²) in [6.45, 7) is 6.38. The van der Waals surface area contributed by atoms with Gasteiger partial charge in [0.1, 0.15) is 0 Å². The van der Waals surface area contributed by atoms with Crippen molar-refractivity contribution in [2.24, 2.45) is 0 Å². The van der Waals surface area contributed by atoms with Crippen LogP contribution < -0.4 is 0 Å². The Bertz CT molecular complexity index is 269. The van der Waals surface area contributed by atoms with Crippen LogP contribution in [-0.2, 0) is 11.2 Å². The van der Waals surface area contributed by atoms with Gasteiger partial charge < -0.3 is 4.90 Å². The molecule has 0 radical (unpaired) electrons. The summed E-state index contributed by atoms with van der Waals surface area (Å²) in [5.74, 6) is 0.121. The topological polar surface area (TPSA) is 20.3 Å². The molecule has 0 fully saturated rings. The first-order valence-electron chi connectivity index (χ1n) is 5.46. The molecule has 0 heterocycles. The van der Waals surface area contributed by atoms with Gasteiger partial charge in [-0.3, -0.25) is 4.79 Å². The number of nitrogens with zero attached hydrogens (tertiary/aromatic N) is 1. The number of likely N-dealkylation sites (N-methyl/N-ethyl adjacent to an activating group) is 1. The van der Waals surface area contributed by atoms with Gasteiger partial charge in [0.15, 0.2) is 0 Å². The molecular formula is C13H21NO. The molecule has 1 rings (SSSR count). The Morgan fingerprint density at radius 2 is 1.73 bits per heavy atom. The van der Waals surface area contributed by atoms with Gasteiger partial charge in [-0.15, -0.1) is 0 Å². The number of hydrogen-bond donors (Lipinski definition) is 0. The minimum atomic E-state index is 0.121. The van der Waals surface area contributed by atoms with Crippen LogP contribution in [0.2, 0.25) is 0 Å². The second kappa shape index (κ2) is 8.04. The van der Waals surface area contributed by atoms with Crippen LogP contribution in [0.15, 0.2) is 30.3 Å². The lowest BCUT2D eigenvalue weighted by molar-refractivity contribution is -0.127. The summed E-state index contributed by atoms with van der Waals surface area (Å²) in [4.78, 5) is 12.6. The number of benzene rings is 1. The second-order valence-electron chi connectivity index (χ2n) is 3.18. The highest BCUT2D eigenvalue weighted by molar-refractivity contribution is 5.72. The molecule has 0 aromatic heterocycles. The number of rotatable bonds is 3. The lowest BCUT2D eigenvalue weighted by Crippen LogP contribution is -2.26. The molecule has 0 N–H and O–H groups in total. The van der Waals surface area contributed by atoms with E-state index in [9.17, 15) is 4.79 Å². The van der Waals surface area contributed by atoms with Crippen molar-refractivity contribution in [3.05, 3.63) is 35.9 Å². The Morgan fingerprint density at radius 3 is 2.20 bits per heavy atom. The fourth-order valence-electron chi connectivity index (χ4n) is 1.10. The van der Waals surface area contributed by atoms with E-state index in [2.05, 4.69) is 12.1 Å². The minimum Gasteiger partial charge on any atom is -0.346 e. The summed E-state index contributed by atoms with van der Waals surface area (Å²) >= 11 is 0. The van der Waals surface area contributed by atoms with E-state index in [1.807, 2.05) is 39.1 Å². The standard InChI is InChI=1S/C11H15NO.C2H6/c1-10(13)12(2)9-8-11-6-4-3-5-7-11;1-2/h3-7H,8-9H2,1-2H3;1-2H3. The molecule has 0 aliphatic heterocycles. The van der Waals surface area contributed by atoms with Crippen LogP contribution in [0.25, 0.3) is 0 Å². The quantitative estimate of drug-likeness (QED) is 0.746. The van der Waals surface area contributed by atoms with Crippen LogP contribution >= 0.6 is 0 Å². The van der Waals surface area contributed by atoms with Gasteiger partial charge >= 0.3 is 0 Å². The zero-order valence-corrected chi connectivity index (χ0v) is 10.2. The molecule has 0 saturated carbocycles. The molecule has 84 valence electrons. The maximum absolute atomic E-state index is 10.9. The fraction of sp³-hybridized carbons (Fsp3) is 0.462. The molecule has 1 aromatic rings. The van der Waals surface area contributed by atoms with Gasteiger partial charge in [0.25, 0.3) is 0 Å². The lowest BCUT2D eigenvalue weighted by Gasteiger charge is -2.14. The first-order chi connectivity index (χ1) is 7.20. The van der Waals surface area contributed by atoms with Crippen molar-refractivity contribution in [3.63, 3.8) is 0 Å². The van der Waals surface area contributed by atoms with E-state index < -0.39 is 0 Å². The summed E-state index contributed by atoms with van der Waals surface area (Å²) in [5.41, 5.74) is 1.27. The molecule has 0 aliphatic rings. The molecule has 0 spiro atoms. The van der Waals surface area contributed by atoms with E-state index in [0.29, 0.717) is 0 Å². The Morgan fingerprint density at radius 1 is 1.20 bits per heavy atom. The number of amides is 1. The molecule has 1 aromatic carbocycles. The molecule has 0 unspecified atom stereocenters. The summed E-state index contributed by atoms with van der Waals surface area (Å²) in [7, 11) is 1.82. The predicted molar refractivity (Wildman–Crippen MR) is 64.8 cm³/mol. The third-order valence-electron chi connectivity index (χ3n) is 2.12. The Labute approximate surface area is 92.9 Å². The van der Waals surface area contributed by atoms with Gasteiger partial charge in [-0.2, -0.15) is 0 Å². The van der Waals surface area contributed by atoms with Gasteiger partial charge in [0, 0.05) is 20.5 Å². The lowest BCUT2D eigenvalue weighted by atomic mass is 10.1. The monoisotopic (exact) mass is 207 g/mol. The molecule has 0 aliphatic carbocycles. The molecule has 2 nitrogen and oxygen atoms in total. The van der Waals surface area contributed by atoms with Crippen LogP contribution in [0.4, 0.5) is 0 Å². The van der Waals surface area contributed by atoms with Gasteiger partial charge in [-0.05, 0) is 12.0 Å². The second-order valence-corrected chi connectivity index (χ2v) is 3.18. The van der Waals surface area contributed by atoms with Crippen molar-refractivity contribution < 1.29 is 4.79 Å². The average Bonchev–Trinajstić information content (AvgIpc) is 2.30. The molecule has 0 bridgehead atoms. The van der Waals surface area contributed by atoms with E-state index >= 15 is 0 Å². The van der Waals surface area contributed by atoms with E-state index in [-0.39, 0.29) is 5.91 Å². The van der Waals surface area contributed by atoms with Crippen LogP contribution in [0.5, 0.6) is 0 Å². The van der Waals surface area contributed by atoms with Crippen molar-refractivity contribution >= 4 is 5.91 Å². The van der Waals surface area contributed by atoms with Crippen LogP contribution in [0.3, 0.4) is 0 Å². The Balaban J connectivity index is 0.000000921. The third kappa shape index (κ3) is 5.89. The molecule has 2 heteroatoms. The normalized spacial score (nSPS) is 8.80. The molecule has 0 atom stereocenters. The van der Waals surface area contributed by atoms with Crippen molar-refractivity contribution in [1.82, 2.24) is 4.90 Å². The average molecular weight is 207 g/mol. The van der Waals surface area contributed by atoms with Crippen LogP contribution in [0, 0.1) is 0 Å². The Hall–Kier alpha value is -1.31. The van der Waals surface area contributed by atoms with Crippen molar-refractivity contribution in [3.8, 4) is 0 Å². The highest BCUT2D eigenvalue weighted by Crippen LogP contribution is 2.00. The van der Waals surface area contributed by atoms with Crippen LogP contribution in [0.1, 0.15) is 26.3 Å². The molecular weight excluding hydrogens is 186 g/mol. The van der Waals surface area contributed by atoms with Crippen molar-refractivity contribution in [2.75, 3.05) is 13.6 Å². The fourth-order valence-corrected chi connectivity index (χ4v) is 1.10. The smallest absolute Gasteiger partial charge is 0.219 e. The van der Waals surface area contributed by atoms with Gasteiger partial charge in [0.2, 0.25) is 5.91 Å². The van der Waals surface area contributed by atoms with E-state index in [4.69, 9.17) is 0 Å². The van der Waals surface area contributed by atoms with Crippen molar-refractivity contribution in [2.45, 2.75) is 27.2 Å². The van der Waals surface area contributed by atoms with Crippen LogP contribution in [-0.4, -0.2) is 24.4 Å². The maximum Gasteiger partial charge on any atom is 0.219 e. The summed E-state index contributed by atoms with van der Waals surface area (Å²) in [5, 5.41) is 0. The van der Waals surface area contributed by atoms with E-state index in [0.717, 1.165) is 13.0 Å². The molecule has 15 heavy (non-hydrogen) atoms. The zero-order valence-electron chi connectivity index (χ0n) is 10.2. The zero-order chi connectivity index (χ0) is 11.7. The Kier molecular flexibility index (Phi) is 7.33. The first-order valence-corrected chi connectivity index (χ1v) is 5.46. The summed E-state index contributed by atoms with van der Waals surface area (Å²) < 4.78 is 0. The largest absolute Gasteiger partial charge is 0.346 e. The van der Waals surface area contributed by atoms with Crippen molar-refractivity contribution in [1.29, 1.82) is 0 Å². The molecule has 1 amide bonds. The molecule has 0 saturated heterocycles. The number of carbonyl (C=O) groups is 1. The summed E-state index contributed by atoms with van der Waals surface area (Å²) in [6.07, 6.45) is 0.928. The van der Waals surface area contributed by atoms with E-state index in [1.54, 1.807) is 11.8 Å². The predicted octanol–water partition coefficient (Wildman–Crippen LogP) is 2.73. The maximum atomic E-state index is 10.9. The van der Waals surface area contributed by atoms with E-state index in [1.165, 1.54) is 5.56 Å². The third-order valence-corrected chi connectivity index (χ3v) is 2.12. The highest BCUT2D eigenvalue weighted by atomic mass is 16.2. The van der Waals surface area contributed by atoms with Gasteiger partial charge in [-0.1, -0.05) is 44.2 Å². The highest BCUT2D eigenvalue weighted by Gasteiger charge is 2.00.